The van der Waals surface area contributed by atoms with Gasteiger partial charge in [-0.1, -0.05) is 49.4 Å². The van der Waals surface area contributed by atoms with E-state index >= 15 is 0 Å². The SMILES string of the molecule is CCC(C)(C)Oc1ccc(C(=O)Oc2ccc(-c3ccccc3)cc2)cc1. The van der Waals surface area contributed by atoms with Crippen LogP contribution in [0.3, 0.4) is 0 Å². The number of rotatable bonds is 6. The van der Waals surface area contributed by atoms with Gasteiger partial charge >= 0.3 is 5.97 Å². The molecule has 3 heteroatoms. The van der Waals surface area contributed by atoms with Crippen molar-refractivity contribution in [3.8, 4) is 22.6 Å². The van der Waals surface area contributed by atoms with Crippen molar-refractivity contribution >= 4 is 5.97 Å². The van der Waals surface area contributed by atoms with Crippen molar-refractivity contribution in [2.24, 2.45) is 0 Å². The largest absolute Gasteiger partial charge is 0.488 e. The molecule has 0 heterocycles. The first-order valence-electron chi connectivity index (χ1n) is 9.13. The Morgan fingerprint density at radius 3 is 1.93 bits per heavy atom. The molecule has 3 rings (SSSR count). The van der Waals surface area contributed by atoms with Gasteiger partial charge in [-0.25, -0.2) is 4.79 Å². The Labute approximate surface area is 160 Å². The summed E-state index contributed by atoms with van der Waals surface area (Å²) in [5.74, 6) is 0.876. The van der Waals surface area contributed by atoms with Gasteiger partial charge in [0.2, 0.25) is 0 Å². The number of ether oxygens (including phenoxy) is 2. The highest BCUT2D eigenvalue weighted by molar-refractivity contribution is 5.91. The maximum atomic E-state index is 12.4. The Bertz CT molecular complexity index is 879. The lowest BCUT2D eigenvalue weighted by molar-refractivity contribution is 0.0734. The van der Waals surface area contributed by atoms with Crippen LogP contribution in [0.4, 0.5) is 0 Å². The molecular formula is C24H24O3. The lowest BCUT2D eigenvalue weighted by Crippen LogP contribution is -2.26. The molecule has 0 atom stereocenters. The minimum atomic E-state index is -0.385. The second-order valence-electron chi connectivity index (χ2n) is 7.02. The Morgan fingerprint density at radius 1 is 0.778 bits per heavy atom. The molecule has 0 aliphatic rings. The van der Waals surface area contributed by atoms with E-state index in [-0.39, 0.29) is 11.6 Å². The van der Waals surface area contributed by atoms with E-state index in [0.717, 1.165) is 23.3 Å². The van der Waals surface area contributed by atoms with Crippen LogP contribution in [-0.2, 0) is 0 Å². The smallest absolute Gasteiger partial charge is 0.343 e. The van der Waals surface area contributed by atoms with Crippen molar-refractivity contribution in [3.05, 3.63) is 84.4 Å². The van der Waals surface area contributed by atoms with E-state index in [1.807, 2.05) is 68.4 Å². The van der Waals surface area contributed by atoms with E-state index in [2.05, 4.69) is 6.92 Å². The predicted molar refractivity (Wildman–Crippen MR) is 108 cm³/mol. The summed E-state index contributed by atoms with van der Waals surface area (Å²) < 4.78 is 11.4. The number of hydrogen-bond donors (Lipinski definition) is 0. The molecule has 3 aromatic rings. The number of hydrogen-bond acceptors (Lipinski definition) is 3. The van der Waals surface area contributed by atoms with E-state index in [1.54, 1.807) is 24.3 Å². The molecule has 0 unspecified atom stereocenters. The molecule has 0 fully saturated rings. The molecule has 0 saturated heterocycles. The molecule has 0 saturated carbocycles. The quantitative estimate of drug-likeness (QED) is 0.391. The van der Waals surface area contributed by atoms with Gasteiger partial charge in [0.15, 0.2) is 0 Å². The molecule has 3 nitrogen and oxygen atoms in total. The molecule has 0 spiro atoms. The zero-order chi connectivity index (χ0) is 19.3. The standard InChI is InChI=1S/C24H24O3/c1-4-24(2,3)27-22-16-12-20(13-17-22)23(25)26-21-14-10-19(11-15-21)18-8-6-5-7-9-18/h5-17H,4H2,1-3H3. The minimum Gasteiger partial charge on any atom is -0.488 e. The third-order valence-electron chi connectivity index (χ3n) is 4.51. The van der Waals surface area contributed by atoms with Crippen LogP contribution in [0.25, 0.3) is 11.1 Å². The number of esters is 1. The van der Waals surface area contributed by atoms with Gasteiger partial charge in [-0.3, -0.25) is 0 Å². The molecule has 0 aliphatic heterocycles. The fourth-order valence-corrected chi connectivity index (χ4v) is 2.56. The second-order valence-corrected chi connectivity index (χ2v) is 7.02. The molecule has 0 N–H and O–H groups in total. The molecule has 0 radical (unpaired) electrons. The fourth-order valence-electron chi connectivity index (χ4n) is 2.56. The van der Waals surface area contributed by atoms with E-state index < -0.39 is 0 Å². The normalized spacial score (nSPS) is 11.1. The molecule has 27 heavy (non-hydrogen) atoms. The van der Waals surface area contributed by atoms with E-state index in [1.165, 1.54) is 0 Å². The van der Waals surface area contributed by atoms with Crippen LogP contribution in [0.2, 0.25) is 0 Å². The lowest BCUT2D eigenvalue weighted by atomic mass is 10.1. The highest BCUT2D eigenvalue weighted by Gasteiger charge is 2.17. The first-order chi connectivity index (χ1) is 13.0. The van der Waals surface area contributed by atoms with Gasteiger partial charge in [-0.15, -0.1) is 0 Å². The van der Waals surface area contributed by atoms with E-state index in [0.29, 0.717) is 11.3 Å². The average Bonchev–Trinajstić information content (AvgIpc) is 2.69. The van der Waals surface area contributed by atoms with Gasteiger partial charge in [0.1, 0.15) is 17.1 Å². The van der Waals surface area contributed by atoms with Crippen molar-refractivity contribution in [3.63, 3.8) is 0 Å². The molecule has 0 aliphatic carbocycles. The highest BCUT2D eigenvalue weighted by Crippen LogP contribution is 2.24. The molecule has 0 amide bonds. The summed E-state index contributed by atoms with van der Waals surface area (Å²) in [7, 11) is 0. The Hall–Kier alpha value is -3.07. The Morgan fingerprint density at radius 2 is 1.33 bits per heavy atom. The van der Waals surface area contributed by atoms with Crippen LogP contribution < -0.4 is 9.47 Å². The van der Waals surface area contributed by atoms with Crippen LogP contribution in [0, 0.1) is 0 Å². The Kier molecular flexibility index (Phi) is 5.60. The van der Waals surface area contributed by atoms with Crippen molar-refractivity contribution in [1.82, 2.24) is 0 Å². The monoisotopic (exact) mass is 360 g/mol. The summed E-state index contributed by atoms with van der Waals surface area (Å²) in [5.41, 5.74) is 2.46. The predicted octanol–water partition coefficient (Wildman–Crippen LogP) is 6.14. The molecular weight excluding hydrogens is 336 g/mol. The maximum absolute atomic E-state index is 12.4. The lowest BCUT2D eigenvalue weighted by Gasteiger charge is -2.24. The highest BCUT2D eigenvalue weighted by atomic mass is 16.5. The third kappa shape index (κ3) is 4.98. The maximum Gasteiger partial charge on any atom is 0.343 e. The molecule has 138 valence electrons. The summed E-state index contributed by atoms with van der Waals surface area (Å²) in [6.45, 7) is 6.15. The first kappa shape index (κ1) is 18.7. The topological polar surface area (TPSA) is 35.5 Å². The summed E-state index contributed by atoms with van der Waals surface area (Å²) in [4.78, 5) is 12.4. The summed E-state index contributed by atoms with van der Waals surface area (Å²) in [5, 5.41) is 0. The number of benzene rings is 3. The van der Waals surface area contributed by atoms with Crippen LogP contribution >= 0.6 is 0 Å². The summed E-state index contributed by atoms with van der Waals surface area (Å²) in [6.07, 6.45) is 0.899. The van der Waals surface area contributed by atoms with Gasteiger partial charge in [-0.05, 0) is 67.8 Å². The van der Waals surface area contributed by atoms with E-state index in [4.69, 9.17) is 9.47 Å². The molecule has 0 aromatic heterocycles. The third-order valence-corrected chi connectivity index (χ3v) is 4.51. The van der Waals surface area contributed by atoms with E-state index in [9.17, 15) is 4.79 Å². The van der Waals surface area contributed by atoms with Crippen LogP contribution in [-0.4, -0.2) is 11.6 Å². The van der Waals surface area contributed by atoms with Gasteiger partial charge < -0.3 is 9.47 Å². The van der Waals surface area contributed by atoms with Crippen LogP contribution in [0.5, 0.6) is 11.5 Å². The van der Waals surface area contributed by atoms with Crippen molar-refractivity contribution in [2.45, 2.75) is 32.8 Å². The van der Waals surface area contributed by atoms with Crippen LogP contribution in [0.1, 0.15) is 37.6 Å². The van der Waals surface area contributed by atoms with Gasteiger partial charge in [0.25, 0.3) is 0 Å². The van der Waals surface area contributed by atoms with Crippen LogP contribution in [0.15, 0.2) is 78.9 Å². The second kappa shape index (κ2) is 8.09. The van der Waals surface area contributed by atoms with Gasteiger partial charge in [0, 0.05) is 0 Å². The summed E-state index contributed by atoms with van der Waals surface area (Å²) in [6, 6.07) is 24.6. The van der Waals surface area contributed by atoms with Gasteiger partial charge in [0.05, 0.1) is 5.56 Å². The zero-order valence-electron chi connectivity index (χ0n) is 15.9. The van der Waals surface area contributed by atoms with Crippen molar-refractivity contribution in [2.75, 3.05) is 0 Å². The van der Waals surface area contributed by atoms with Crippen molar-refractivity contribution in [1.29, 1.82) is 0 Å². The van der Waals surface area contributed by atoms with Gasteiger partial charge in [-0.2, -0.15) is 0 Å². The average molecular weight is 360 g/mol. The summed E-state index contributed by atoms with van der Waals surface area (Å²) >= 11 is 0. The first-order valence-corrected chi connectivity index (χ1v) is 9.13. The fraction of sp³-hybridized carbons (Fsp3) is 0.208. The molecule has 0 bridgehead atoms. The molecule has 3 aromatic carbocycles. The zero-order valence-corrected chi connectivity index (χ0v) is 15.9. The van der Waals surface area contributed by atoms with Crippen molar-refractivity contribution < 1.29 is 14.3 Å². The minimum absolute atomic E-state index is 0.234. The Balaban J connectivity index is 1.65. The number of carbonyl (C=O) groups is 1. The number of carbonyl (C=O) groups excluding carboxylic acids is 1.